The van der Waals surface area contributed by atoms with E-state index in [9.17, 15) is 15.0 Å². The molecule has 9 nitrogen and oxygen atoms in total. The highest BCUT2D eigenvalue weighted by Gasteiger charge is 2.51. The topological polar surface area (TPSA) is 116 Å². The third kappa shape index (κ3) is 3.27. The van der Waals surface area contributed by atoms with Crippen molar-refractivity contribution in [2.45, 2.75) is 18.1 Å². The number of phenolic OH excluding ortho intramolecular Hbond substituents is 2. The van der Waals surface area contributed by atoms with Crippen LogP contribution >= 0.6 is 0 Å². The maximum atomic E-state index is 13.2. The molecule has 3 heterocycles. The number of cyclic esters (lactones) is 1. The number of amides is 1. The van der Waals surface area contributed by atoms with Crippen molar-refractivity contribution in [3.8, 4) is 23.0 Å². The van der Waals surface area contributed by atoms with Gasteiger partial charge in [0.15, 0.2) is 11.5 Å². The van der Waals surface area contributed by atoms with Gasteiger partial charge in [0.25, 0.3) is 0 Å². The van der Waals surface area contributed by atoms with Crippen LogP contribution in [0.15, 0.2) is 60.7 Å². The van der Waals surface area contributed by atoms with Crippen molar-refractivity contribution in [2.75, 3.05) is 26.1 Å². The van der Waals surface area contributed by atoms with Gasteiger partial charge in [-0.1, -0.05) is 18.2 Å². The highest BCUT2D eigenvalue weighted by molar-refractivity contribution is 5.88. The molecule has 1 saturated heterocycles. The summed E-state index contributed by atoms with van der Waals surface area (Å²) in [5, 5.41) is 24.8. The van der Waals surface area contributed by atoms with Crippen LogP contribution in [0.2, 0.25) is 0 Å². The van der Waals surface area contributed by atoms with Crippen LogP contribution in [0.4, 0.5) is 10.5 Å². The molecule has 4 aromatic rings. The molecule has 0 bridgehead atoms. The van der Waals surface area contributed by atoms with Crippen LogP contribution in [0.25, 0.3) is 10.9 Å². The highest BCUT2D eigenvalue weighted by Crippen LogP contribution is 2.50. The van der Waals surface area contributed by atoms with Gasteiger partial charge in [-0.2, -0.15) is 0 Å². The van der Waals surface area contributed by atoms with Crippen molar-refractivity contribution in [1.82, 2.24) is 9.88 Å². The van der Waals surface area contributed by atoms with E-state index in [0.29, 0.717) is 5.56 Å². The number of anilines is 1. The Labute approximate surface area is 206 Å². The van der Waals surface area contributed by atoms with Gasteiger partial charge < -0.3 is 34.7 Å². The zero-order valence-corrected chi connectivity index (χ0v) is 19.7. The fraction of sp³-hybridized carbons (Fsp3) is 0.222. The molecule has 6 rings (SSSR count). The summed E-state index contributed by atoms with van der Waals surface area (Å²) >= 11 is 0. The first-order valence-electron chi connectivity index (χ1n) is 11.6. The fourth-order valence-electron chi connectivity index (χ4n) is 5.37. The number of hydrogen-bond acceptors (Lipinski definition) is 7. The number of ether oxygens (including phenoxy) is 3. The summed E-state index contributed by atoms with van der Waals surface area (Å²) in [5.74, 6) is 0.558. The van der Waals surface area contributed by atoms with Gasteiger partial charge >= 0.3 is 6.09 Å². The molecule has 184 valence electrons. The molecule has 2 aliphatic heterocycles. The summed E-state index contributed by atoms with van der Waals surface area (Å²) in [6.07, 6.45) is -0.433. The number of benzene rings is 3. The predicted octanol–water partition coefficient (Wildman–Crippen LogP) is 4.67. The number of fused-ring (bicyclic) bond motifs is 4. The Hall–Kier alpha value is -4.53. The molecule has 3 aromatic carbocycles. The van der Waals surface area contributed by atoms with E-state index in [4.69, 9.17) is 14.2 Å². The van der Waals surface area contributed by atoms with Crippen molar-refractivity contribution >= 4 is 22.7 Å². The number of para-hydroxylation sites is 1. The molecular weight excluding hydrogens is 462 g/mol. The molecular formula is C27H25N3O6. The van der Waals surface area contributed by atoms with Crippen LogP contribution in [-0.2, 0) is 4.74 Å². The van der Waals surface area contributed by atoms with Gasteiger partial charge in [0, 0.05) is 27.8 Å². The van der Waals surface area contributed by atoms with Crippen molar-refractivity contribution in [3.63, 3.8) is 0 Å². The maximum Gasteiger partial charge on any atom is 0.411 e. The molecule has 1 aromatic heterocycles. The molecule has 2 aliphatic rings. The number of phenols is 2. The van der Waals surface area contributed by atoms with Crippen LogP contribution in [0, 0.1) is 0 Å². The molecule has 1 fully saturated rings. The molecule has 0 aliphatic carbocycles. The summed E-state index contributed by atoms with van der Waals surface area (Å²) < 4.78 is 16.4. The lowest BCUT2D eigenvalue weighted by atomic mass is 9.85. The molecule has 0 saturated carbocycles. The van der Waals surface area contributed by atoms with Crippen molar-refractivity contribution in [2.24, 2.45) is 0 Å². The van der Waals surface area contributed by atoms with Crippen molar-refractivity contribution < 1.29 is 29.2 Å². The first-order chi connectivity index (χ1) is 17.5. The largest absolute Gasteiger partial charge is 0.508 e. The second-order valence-electron chi connectivity index (χ2n) is 8.89. The Morgan fingerprint density at radius 2 is 1.72 bits per heavy atom. The molecule has 0 spiro atoms. The third-order valence-corrected chi connectivity index (χ3v) is 6.98. The molecule has 0 radical (unpaired) electrons. The van der Waals surface area contributed by atoms with E-state index in [2.05, 4.69) is 16.4 Å². The van der Waals surface area contributed by atoms with Crippen LogP contribution in [-0.4, -0.2) is 53.1 Å². The Bertz CT molecular complexity index is 1440. The number of H-pyrrole nitrogens is 1. The summed E-state index contributed by atoms with van der Waals surface area (Å²) in [7, 11) is 2.94. The quantitative estimate of drug-likeness (QED) is 0.302. The Morgan fingerprint density at radius 1 is 1.03 bits per heavy atom. The molecule has 9 heteroatoms. The number of methoxy groups -OCH3 is 2. The summed E-state index contributed by atoms with van der Waals surface area (Å²) in [4.78, 5) is 18.4. The number of nitrogens with zero attached hydrogens (tertiary/aromatic N) is 1. The molecule has 3 atom stereocenters. The predicted molar refractivity (Wildman–Crippen MR) is 133 cm³/mol. The smallest absolute Gasteiger partial charge is 0.411 e. The van der Waals surface area contributed by atoms with E-state index in [0.717, 1.165) is 27.8 Å². The highest BCUT2D eigenvalue weighted by atomic mass is 16.6. The van der Waals surface area contributed by atoms with Gasteiger partial charge in [0.05, 0.1) is 26.3 Å². The number of carbonyl (C=O) groups excluding carboxylic acids is 1. The minimum atomic E-state index is -0.534. The SMILES string of the molecule is COc1cc([C@@H]2c3[nH]c4ccccc4c3[C@@H](Nc3ccc(O)cc3)[C@H]3COC(=O)N23)cc(OC)c1O. The maximum absolute atomic E-state index is 13.2. The summed E-state index contributed by atoms with van der Waals surface area (Å²) in [6, 6.07) is 17.1. The van der Waals surface area contributed by atoms with Crippen molar-refractivity contribution in [1.29, 1.82) is 0 Å². The zero-order chi connectivity index (χ0) is 25.0. The third-order valence-electron chi connectivity index (χ3n) is 6.98. The normalized spacial score (nSPS) is 20.6. The standard InChI is InChI=1S/C27H25N3O6/c1-34-20-11-14(12-21(35-2)26(20)32)25-24-22(17-5-3-4-6-18(17)29-24)23(19-13-36-27(33)30(19)25)28-15-7-9-16(31)10-8-15/h3-12,19,23,25,28-29,31-32H,13H2,1-2H3/t19-,23+,25-/m1/s1. The number of aromatic nitrogens is 1. The second-order valence-corrected chi connectivity index (χ2v) is 8.89. The van der Waals surface area contributed by atoms with E-state index in [1.807, 2.05) is 18.2 Å². The fourth-order valence-corrected chi connectivity index (χ4v) is 5.37. The molecule has 0 unspecified atom stereocenters. The molecule has 36 heavy (non-hydrogen) atoms. The number of hydrogen-bond donors (Lipinski definition) is 4. The van der Waals surface area contributed by atoms with Gasteiger partial charge in [-0.25, -0.2) is 4.79 Å². The number of nitrogens with one attached hydrogen (secondary N) is 2. The first-order valence-corrected chi connectivity index (χ1v) is 11.6. The van der Waals surface area contributed by atoms with Crippen LogP contribution in [0.5, 0.6) is 23.0 Å². The monoisotopic (exact) mass is 487 g/mol. The minimum absolute atomic E-state index is 0.108. The van der Waals surface area contributed by atoms with E-state index in [-0.39, 0.29) is 41.7 Å². The van der Waals surface area contributed by atoms with Gasteiger partial charge in [0.1, 0.15) is 18.4 Å². The van der Waals surface area contributed by atoms with Gasteiger partial charge in [-0.15, -0.1) is 0 Å². The first kappa shape index (κ1) is 22.0. The lowest BCUT2D eigenvalue weighted by Gasteiger charge is -2.41. The lowest BCUT2D eigenvalue weighted by molar-refractivity contribution is 0.145. The number of aromatic hydroxyl groups is 2. The van der Waals surface area contributed by atoms with Crippen molar-refractivity contribution in [3.05, 3.63) is 77.5 Å². The van der Waals surface area contributed by atoms with Crippen LogP contribution in [0.1, 0.15) is 28.9 Å². The number of aromatic amines is 1. The Balaban J connectivity index is 1.58. The average molecular weight is 488 g/mol. The zero-order valence-electron chi connectivity index (χ0n) is 19.7. The van der Waals surface area contributed by atoms with E-state index in [1.54, 1.807) is 41.3 Å². The average Bonchev–Trinajstić information content (AvgIpc) is 3.47. The van der Waals surface area contributed by atoms with Gasteiger partial charge in [-0.05, 0) is 48.0 Å². The minimum Gasteiger partial charge on any atom is -0.508 e. The molecule has 4 N–H and O–H groups in total. The Kier molecular flexibility index (Phi) is 5.06. The van der Waals surface area contributed by atoms with Gasteiger partial charge in [0.2, 0.25) is 5.75 Å². The Morgan fingerprint density at radius 3 is 2.42 bits per heavy atom. The van der Waals surface area contributed by atoms with Crippen LogP contribution in [0.3, 0.4) is 0 Å². The van der Waals surface area contributed by atoms with E-state index >= 15 is 0 Å². The van der Waals surface area contributed by atoms with Gasteiger partial charge in [-0.3, -0.25) is 4.90 Å². The van der Waals surface area contributed by atoms with E-state index < -0.39 is 12.1 Å². The van der Waals surface area contributed by atoms with Crippen LogP contribution < -0.4 is 14.8 Å². The molecule has 1 amide bonds. The number of rotatable bonds is 5. The second kappa shape index (κ2) is 8.30. The van der Waals surface area contributed by atoms with E-state index in [1.165, 1.54) is 14.2 Å². The summed E-state index contributed by atoms with van der Waals surface area (Å²) in [6.45, 7) is 0.205. The summed E-state index contributed by atoms with van der Waals surface area (Å²) in [5.41, 5.74) is 4.31. The number of carbonyl (C=O) groups is 1. The lowest BCUT2D eigenvalue weighted by Crippen LogP contribution is -2.47.